The molecule has 1 amide bonds. The molecule has 1 atom stereocenters. The predicted octanol–water partition coefficient (Wildman–Crippen LogP) is 4.22. The molecule has 0 aliphatic carbocycles. The Balaban J connectivity index is 1.60. The van der Waals surface area contributed by atoms with Gasteiger partial charge in [0.2, 0.25) is 10.0 Å². The molecule has 0 unspecified atom stereocenters. The minimum absolute atomic E-state index is 0.0344. The summed E-state index contributed by atoms with van der Waals surface area (Å²) in [5, 5.41) is 26.4. The molecule has 0 radical (unpaired) electrons. The Hall–Kier alpha value is -3.15. The SMILES string of the molecule is CC(C)COc1cc(-c2ccc(NCCNC[C@@H](O)c3cccc(Cl)c3)cc2)ccc1C(=O)NS(=O)(=O)CCCO. The molecule has 11 heteroatoms. The van der Waals surface area contributed by atoms with E-state index in [2.05, 4.69) is 15.4 Å². The molecule has 3 rings (SSSR count). The van der Waals surface area contributed by atoms with Crippen molar-refractivity contribution in [1.82, 2.24) is 10.0 Å². The van der Waals surface area contributed by atoms with Crippen LogP contribution >= 0.6 is 11.6 Å². The molecule has 0 fully saturated rings. The summed E-state index contributed by atoms with van der Waals surface area (Å²) < 4.78 is 32.3. The van der Waals surface area contributed by atoms with Gasteiger partial charge in [0.15, 0.2) is 0 Å². The number of rotatable bonds is 16. The van der Waals surface area contributed by atoms with Gasteiger partial charge in [-0.05, 0) is 65.4 Å². The number of aliphatic hydroxyl groups is 2. The van der Waals surface area contributed by atoms with Crippen molar-refractivity contribution in [3.63, 3.8) is 0 Å². The van der Waals surface area contributed by atoms with Crippen LogP contribution in [0.5, 0.6) is 5.75 Å². The normalized spacial score (nSPS) is 12.2. The molecule has 0 saturated heterocycles. The molecule has 5 N–H and O–H groups in total. The monoisotopic (exact) mass is 603 g/mol. The Morgan fingerprint density at radius 1 is 1.00 bits per heavy atom. The first-order valence-electron chi connectivity index (χ1n) is 13.5. The van der Waals surface area contributed by atoms with E-state index in [1.165, 1.54) is 0 Å². The van der Waals surface area contributed by atoms with Crippen LogP contribution in [0.4, 0.5) is 5.69 Å². The lowest BCUT2D eigenvalue weighted by Gasteiger charge is -2.15. The Labute approximate surface area is 247 Å². The summed E-state index contributed by atoms with van der Waals surface area (Å²) in [6.07, 6.45) is -0.609. The van der Waals surface area contributed by atoms with Crippen LogP contribution in [0.1, 0.15) is 42.3 Å². The van der Waals surface area contributed by atoms with Gasteiger partial charge in [-0.15, -0.1) is 0 Å². The summed E-state index contributed by atoms with van der Waals surface area (Å²) in [4.78, 5) is 12.8. The molecule has 0 saturated carbocycles. The maximum absolute atomic E-state index is 12.8. The number of ether oxygens (including phenoxy) is 1. The minimum Gasteiger partial charge on any atom is -0.492 e. The first kappa shape index (κ1) is 32.4. The number of anilines is 1. The summed E-state index contributed by atoms with van der Waals surface area (Å²) in [7, 11) is -3.88. The molecule has 0 aliphatic rings. The van der Waals surface area contributed by atoms with Crippen LogP contribution < -0.4 is 20.1 Å². The summed E-state index contributed by atoms with van der Waals surface area (Å²) in [5.74, 6) is -0.639. The Bertz CT molecular complexity index is 1380. The van der Waals surface area contributed by atoms with Gasteiger partial charge in [0.25, 0.3) is 5.91 Å². The van der Waals surface area contributed by atoms with Crippen LogP contribution in [0.3, 0.4) is 0 Å². The molecule has 3 aromatic carbocycles. The predicted molar refractivity (Wildman–Crippen MR) is 163 cm³/mol. The maximum atomic E-state index is 12.8. The van der Waals surface area contributed by atoms with Crippen LogP contribution in [-0.4, -0.2) is 63.1 Å². The zero-order valence-electron chi connectivity index (χ0n) is 23.3. The summed E-state index contributed by atoms with van der Waals surface area (Å²) in [6.45, 7) is 5.73. The number of aliphatic hydroxyl groups excluding tert-OH is 2. The molecule has 0 heterocycles. The van der Waals surface area contributed by atoms with Crippen molar-refractivity contribution >= 4 is 33.2 Å². The van der Waals surface area contributed by atoms with Crippen molar-refractivity contribution in [2.45, 2.75) is 26.4 Å². The van der Waals surface area contributed by atoms with E-state index in [0.717, 1.165) is 22.4 Å². The van der Waals surface area contributed by atoms with Gasteiger partial charge in [0.05, 0.1) is 24.0 Å². The topological polar surface area (TPSA) is 137 Å². The Kier molecular flexibility index (Phi) is 12.4. The van der Waals surface area contributed by atoms with E-state index in [4.69, 9.17) is 21.4 Å². The lowest BCUT2D eigenvalue weighted by Crippen LogP contribution is -2.33. The van der Waals surface area contributed by atoms with Crippen molar-refractivity contribution in [2.24, 2.45) is 5.92 Å². The maximum Gasteiger partial charge on any atom is 0.268 e. The number of hydrogen-bond acceptors (Lipinski definition) is 8. The number of benzene rings is 3. The van der Waals surface area contributed by atoms with Gasteiger partial charge in [-0.3, -0.25) is 4.79 Å². The second-order valence-electron chi connectivity index (χ2n) is 10.0. The number of nitrogens with one attached hydrogen (secondary N) is 3. The third kappa shape index (κ3) is 10.6. The smallest absolute Gasteiger partial charge is 0.268 e. The summed E-state index contributed by atoms with van der Waals surface area (Å²) >= 11 is 5.99. The van der Waals surface area contributed by atoms with Crippen LogP contribution in [0, 0.1) is 5.92 Å². The Morgan fingerprint density at radius 3 is 2.41 bits per heavy atom. The molecule has 3 aromatic rings. The highest BCUT2D eigenvalue weighted by Crippen LogP contribution is 2.29. The van der Waals surface area contributed by atoms with Crippen LogP contribution in [-0.2, 0) is 10.0 Å². The fourth-order valence-corrected chi connectivity index (χ4v) is 5.12. The van der Waals surface area contributed by atoms with Gasteiger partial charge in [-0.2, -0.15) is 0 Å². The highest BCUT2D eigenvalue weighted by atomic mass is 35.5. The first-order valence-corrected chi connectivity index (χ1v) is 15.5. The number of carbonyl (C=O) groups excluding carboxylic acids is 1. The number of halogens is 1. The molecule has 0 bridgehead atoms. The molecule has 0 spiro atoms. The van der Waals surface area contributed by atoms with E-state index in [1.54, 1.807) is 30.3 Å². The van der Waals surface area contributed by atoms with Gasteiger partial charge in [0, 0.05) is 37.0 Å². The highest BCUT2D eigenvalue weighted by Gasteiger charge is 2.20. The zero-order valence-corrected chi connectivity index (χ0v) is 24.8. The van der Waals surface area contributed by atoms with Crippen LogP contribution in [0.25, 0.3) is 11.1 Å². The van der Waals surface area contributed by atoms with Gasteiger partial charge in [-0.1, -0.05) is 55.8 Å². The molecule has 0 aliphatic heterocycles. The van der Waals surface area contributed by atoms with Gasteiger partial charge in [-0.25, -0.2) is 13.1 Å². The zero-order chi connectivity index (χ0) is 29.8. The van der Waals surface area contributed by atoms with Crippen molar-refractivity contribution in [2.75, 3.05) is 43.9 Å². The molecule has 41 heavy (non-hydrogen) atoms. The van der Waals surface area contributed by atoms with Gasteiger partial charge < -0.3 is 25.6 Å². The largest absolute Gasteiger partial charge is 0.492 e. The highest BCUT2D eigenvalue weighted by molar-refractivity contribution is 7.90. The molecule has 0 aromatic heterocycles. The molecule has 222 valence electrons. The average Bonchev–Trinajstić information content (AvgIpc) is 2.94. The van der Waals surface area contributed by atoms with Crippen molar-refractivity contribution in [1.29, 1.82) is 0 Å². The third-order valence-electron chi connectivity index (χ3n) is 6.04. The molecular weight excluding hydrogens is 566 g/mol. The van der Waals surface area contributed by atoms with E-state index in [-0.39, 0.29) is 30.3 Å². The van der Waals surface area contributed by atoms with E-state index in [9.17, 15) is 18.3 Å². The lowest BCUT2D eigenvalue weighted by molar-refractivity contribution is 0.0976. The number of carbonyl (C=O) groups is 1. The number of hydrogen-bond donors (Lipinski definition) is 5. The third-order valence-corrected chi connectivity index (χ3v) is 7.60. The quantitative estimate of drug-likeness (QED) is 0.154. The van der Waals surface area contributed by atoms with Gasteiger partial charge >= 0.3 is 0 Å². The van der Waals surface area contributed by atoms with E-state index in [0.29, 0.717) is 37.0 Å². The van der Waals surface area contributed by atoms with E-state index < -0.39 is 22.0 Å². The second kappa shape index (κ2) is 15.7. The lowest BCUT2D eigenvalue weighted by atomic mass is 10.0. The van der Waals surface area contributed by atoms with Crippen molar-refractivity contribution in [3.05, 3.63) is 82.9 Å². The van der Waals surface area contributed by atoms with Crippen LogP contribution in [0.15, 0.2) is 66.7 Å². The van der Waals surface area contributed by atoms with Crippen LogP contribution in [0.2, 0.25) is 5.02 Å². The molecular formula is C30H38ClN3O6S. The van der Waals surface area contributed by atoms with E-state index in [1.807, 2.05) is 50.2 Å². The van der Waals surface area contributed by atoms with Crippen molar-refractivity contribution < 1.29 is 28.2 Å². The standard InChI is InChI=1S/C30H38ClN3O6S/c1-21(2)20-40-29-18-23(9-12-27(29)30(37)34-41(38,39)16-4-15-35)22-7-10-26(11-8-22)33-14-13-32-19-28(36)24-5-3-6-25(31)17-24/h3,5-12,17-18,21,28,32-33,35-36H,4,13-16,19-20H2,1-2H3,(H,34,37)/t28-/m1/s1. The fourth-order valence-electron chi connectivity index (χ4n) is 3.91. The Morgan fingerprint density at radius 2 is 1.73 bits per heavy atom. The second-order valence-corrected chi connectivity index (χ2v) is 12.3. The summed E-state index contributed by atoms with van der Waals surface area (Å²) in [5.41, 5.74) is 3.52. The average molecular weight is 604 g/mol. The van der Waals surface area contributed by atoms with Crippen molar-refractivity contribution in [3.8, 4) is 16.9 Å². The van der Waals surface area contributed by atoms with Gasteiger partial charge in [0.1, 0.15) is 5.75 Å². The first-order chi connectivity index (χ1) is 19.6. The van der Waals surface area contributed by atoms with E-state index >= 15 is 0 Å². The number of sulfonamides is 1. The summed E-state index contributed by atoms with van der Waals surface area (Å²) in [6, 6.07) is 20.0. The number of amides is 1. The minimum atomic E-state index is -3.88. The fraction of sp³-hybridized carbons (Fsp3) is 0.367. The molecule has 9 nitrogen and oxygen atoms in total.